The molecule has 1 aliphatic heterocycles. The van der Waals surface area contributed by atoms with Crippen LogP contribution in [-0.2, 0) is 30.9 Å². The van der Waals surface area contributed by atoms with Crippen LogP contribution in [0.2, 0.25) is 0 Å². The Bertz CT molecular complexity index is 908. The van der Waals surface area contributed by atoms with Gasteiger partial charge in [-0.25, -0.2) is 13.1 Å². The van der Waals surface area contributed by atoms with Crippen molar-refractivity contribution in [2.45, 2.75) is 30.7 Å². The predicted molar refractivity (Wildman–Crippen MR) is 96.5 cm³/mol. The summed E-state index contributed by atoms with van der Waals surface area (Å²) >= 11 is 0. The highest BCUT2D eigenvalue weighted by Crippen LogP contribution is 2.21. The first-order chi connectivity index (χ1) is 13.4. The molecule has 1 aromatic heterocycles. The van der Waals surface area contributed by atoms with Gasteiger partial charge in [-0.2, -0.15) is 4.31 Å². The molecule has 1 fully saturated rings. The smallest absolute Gasteiger partial charge is 0.328 e. The monoisotopic (exact) mass is 408 g/mol. The number of ether oxygens (including phenoxy) is 1. The van der Waals surface area contributed by atoms with Gasteiger partial charge in [-0.1, -0.05) is 6.42 Å². The normalized spacial score (nSPS) is 15.1. The minimum atomic E-state index is -3.52. The van der Waals surface area contributed by atoms with E-state index in [9.17, 15) is 18.0 Å². The van der Waals surface area contributed by atoms with Gasteiger partial charge in [0, 0.05) is 18.8 Å². The zero-order valence-electron chi connectivity index (χ0n) is 15.0. The summed E-state index contributed by atoms with van der Waals surface area (Å²) in [6.07, 6.45) is 4.01. The number of benzene rings is 1. The van der Waals surface area contributed by atoms with Crippen molar-refractivity contribution in [1.29, 1.82) is 0 Å². The average molecular weight is 408 g/mol. The maximum atomic E-state index is 12.6. The van der Waals surface area contributed by atoms with Crippen molar-refractivity contribution in [3.63, 3.8) is 0 Å². The lowest BCUT2D eigenvalue weighted by atomic mass is 10.2. The number of carbonyl (C=O) groups is 2. The van der Waals surface area contributed by atoms with E-state index in [1.165, 1.54) is 39.6 Å². The van der Waals surface area contributed by atoms with E-state index in [1.807, 2.05) is 0 Å². The minimum Gasteiger partial charge on any atom is -0.454 e. The number of tetrazole rings is 1. The molecule has 0 unspecified atom stereocenters. The van der Waals surface area contributed by atoms with Gasteiger partial charge in [-0.15, -0.1) is 5.10 Å². The number of anilines is 1. The van der Waals surface area contributed by atoms with E-state index in [-0.39, 0.29) is 11.4 Å². The van der Waals surface area contributed by atoms with Crippen LogP contribution in [0.3, 0.4) is 0 Å². The Morgan fingerprint density at radius 1 is 1.11 bits per heavy atom. The van der Waals surface area contributed by atoms with Gasteiger partial charge in [0.15, 0.2) is 6.61 Å². The van der Waals surface area contributed by atoms with Crippen molar-refractivity contribution in [2.75, 3.05) is 25.0 Å². The van der Waals surface area contributed by atoms with Crippen LogP contribution in [0.5, 0.6) is 0 Å². The molecule has 1 amide bonds. The summed E-state index contributed by atoms with van der Waals surface area (Å²) in [5.74, 6) is -1.21. The summed E-state index contributed by atoms with van der Waals surface area (Å²) in [6, 6.07) is 5.89. The summed E-state index contributed by atoms with van der Waals surface area (Å²) in [5, 5.41) is 12.8. The van der Waals surface area contributed by atoms with Crippen molar-refractivity contribution >= 4 is 27.6 Å². The molecule has 0 spiro atoms. The minimum absolute atomic E-state index is 0.181. The maximum Gasteiger partial charge on any atom is 0.328 e. The van der Waals surface area contributed by atoms with Gasteiger partial charge >= 0.3 is 5.97 Å². The molecule has 3 rings (SSSR count). The van der Waals surface area contributed by atoms with Gasteiger partial charge in [0.1, 0.15) is 12.9 Å². The number of esters is 1. The van der Waals surface area contributed by atoms with Gasteiger partial charge in [0.25, 0.3) is 5.91 Å². The number of piperidine rings is 1. The topological polar surface area (TPSA) is 136 Å². The number of nitrogens with zero attached hydrogens (tertiary/aromatic N) is 5. The lowest BCUT2D eigenvalue weighted by Gasteiger charge is -2.25. The molecule has 1 saturated heterocycles. The third-order valence-corrected chi connectivity index (χ3v) is 6.05. The highest BCUT2D eigenvalue weighted by Gasteiger charge is 2.25. The Morgan fingerprint density at radius 3 is 2.46 bits per heavy atom. The van der Waals surface area contributed by atoms with Gasteiger partial charge < -0.3 is 10.1 Å². The number of sulfonamides is 1. The molecule has 11 nitrogen and oxygen atoms in total. The van der Waals surface area contributed by atoms with E-state index in [0.29, 0.717) is 18.8 Å². The Labute approximate surface area is 161 Å². The molecular formula is C16H20N6O5S. The number of rotatable bonds is 7. The molecular weight excluding hydrogens is 388 g/mol. The summed E-state index contributed by atoms with van der Waals surface area (Å²) in [4.78, 5) is 23.7. The zero-order valence-corrected chi connectivity index (χ0v) is 15.8. The molecule has 0 radical (unpaired) electrons. The van der Waals surface area contributed by atoms with E-state index in [1.54, 1.807) is 0 Å². The first-order valence-corrected chi connectivity index (χ1v) is 10.2. The molecule has 0 aliphatic carbocycles. The van der Waals surface area contributed by atoms with E-state index in [0.717, 1.165) is 19.3 Å². The number of hydrogen-bond acceptors (Lipinski definition) is 8. The second-order valence-electron chi connectivity index (χ2n) is 6.21. The Morgan fingerprint density at radius 2 is 1.82 bits per heavy atom. The van der Waals surface area contributed by atoms with Gasteiger partial charge in [-0.3, -0.25) is 9.59 Å². The Hall–Kier alpha value is -2.86. The molecule has 28 heavy (non-hydrogen) atoms. The first-order valence-electron chi connectivity index (χ1n) is 8.71. The standard InChI is InChI=1S/C16H20N6O5S/c23-15(11-27-16(24)10-21-12-17-19-20-21)18-13-4-6-14(7-5-13)28(25,26)22-8-2-1-3-9-22/h4-7,12H,1-3,8-11H2,(H,18,23). The largest absolute Gasteiger partial charge is 0.454 e. The van der Waals surface area contributed by atoms with Crippen LogP contribution < -0.4 is 5.32 Å². The van der Waals surface area contributed by atoms with Crippen LogP contribution in [0.25, 0.3) is 0 Å². The van der Waals surface area contributed by atoms with E-state index < -0.39 is 28.5 Å². The van der Waals surface area contributed by atoms with Crippen molar-refractivity contribution in [3.8, 4) is 0 Å². The third kappa shape index (κ3) is 5.10. The SMILES string of the molecule is O=C(COC(=O)Cn1cnnn1)Nc1ccc(S(=O)(=O)N2CCCCC2)cc1. The zero-order chi connectivity index (χ0) is 20.0. The molecule has 2 heterocycles. The molecule has 0 saturated carbocycles. The number of aromatic nitrogens is 4. The van der Waals surface area contributed by atoms with Crippen LogP contribution in [0, 0.1) is 0 Å². The van der Waals surface area contributed by atoms with Gasteiger partial charge in [0.2, 0.25) is 10.0 Å². The first kappa shape index (κ1) is 19.9. The summed E-state index contributed by atoms with van der Waals surface area (Å²) in [5.41, 5.74) is 0.402. The molecule has 1 N–H and O–H groups in total. The second-order valence-corrected chi connectivity index (χ2v) is 8.14. The van der Waals surface area contributed by atoms with Gasteiger partial charge in [0.05, 0.1) is 4.90 Å². The fraction of sp³-hybridized carbons (Fsp3) is 0.438. The number of amides is 1. The molecule has 1 aliphatic rings. The molecule has 150 valence electrons. The maximum absolute atomic E-state index is 12.6. The van der Waals surface area contributed by atoms with Gasteiger partial charge in [-0.05, 0) is 47.5 Å². The van der Waals surface area contributed by atoms with Crippen molar-refractivity contribution in [1.82, 2.24) is 24.5 Å². The summed E-state index contributed by atoms with van der Waals surface area (Å²) < 4.78 is 32.7. The fourth-order valence-corrected chi connectivity index (χ4v) is 4.26. The van der Waals surface area contributed by atoms with Crippen LogP contribution in [0.1, 0.15) is 19.3 Å². The molecule has 0 bridgehead atoms. The van der Waals surface area contributed by atoms with E-state index >= 15 is 0 Å². The number of carbonyl (C=O) groups excluding carboxylic acids is 2. The van der Waals surface area contributed by atoms with Crippen LogP contribution in [0.4, 0.5) is 5.69 Å². The molecule has 2 aromatic rings. The van der Waals surface area contributed by atoms with E-state index in [4.69, 9.17) is 4.74 Å². The molecule has 12 heteroatoms. The van der Waals surface area contributed by atoms with Crippen LogP contribution >= 0.6 is 0 Å². The average Bonchev–Trinajstić information content (AvgIpc) is 3.20. The lowest BCUT2D eigenvalue weighted by molar-refractivity contribution is -0.148. The lowest BCUT2D eigenvalue weighted by Crippen LogP contribution is -2.35. The highest BCUT2D eigenvalue weighted by atomic mass is 32.2. The number of hydrogen-bond donors (Lipinski definition) is 1. The Balaban J connectivity index is 1.50. The number of nitrogens with one attached hydrogen (secondary N) is 1. The molecule has 1 aromatic carbocycles. The van der Waals surface area contributed by atoms with Crippen molar-refractivity contribution < 1.29 is 22.7 Å². The predicted octanol–water partition coefficient (Wildman–Crippen LogP) is 0.0296. The van der Waals surface area contributed by atoms with Crippen molar-refractivity contribution in [3.05, 3.63) is 30.6 Å². The second kappa shape index (κ2) is 8.89. The van der Waals surface area contributed by atoms with Crippen LogP contribution in [-0.4, -0.2) is 64.5 Å². The summed E-state index contributed by atoms with van der Waals surface area (Å²) in [6.45, 7) is 0.367. The Kier molecular flexibility index (Phi) is 6.31. The highest BCUT2D eigenvalue weighted by molar-refractivity contribution is 7.89. The fourth-order valence-electron chi connectivity index (χ4n) is 2.74. The van der Waals surface area contributed by atoms with E-state index in [2.05, 4.69) is 20.8 Å². The third-order valence-electron chi connectivity index (χ3n) is 4.14. The summed E-state index contributed by atoms with van der Waals surface area (Å²) in [7, 11) is -3.52. The quantitative estimate of drug-likeness (QED) is 0.634. The van der Waals surface area contributed by atoms with Crippen LogP contribution in [0.15, 0.2) is 35.5 Å². The molecule has 0 atom stereocenters. The van der Waals surface area contributed by atoms with Crippen molar-refractivity contribution in [2.24, 2.45) is 0 Å².